The molecule has 23 heavy (non-hydrogen) atoms. The van der Waals surface area contributed by atoms with Gasteiger partial charge in [0, 0.05) is 31.0 Å². The Balaban J connectivity index is 1.53. The maximum absolute atomic E-state index is 13.0. The number of hydrogen-bond donors (Lipinski definition) is 1. The maximum atomic E-state index is 13.0. The number of carbonyl (C=O) groups is 1. The highest BCUT2D eigenvalue weighted by atomic mass is 16.5. The zero-order valence-electron chi connectivity index (χ0n) is 14.2. The number of likely N-dealkylation sites (N-methyl/N-ethyl adjacent to an activating group) is 1. The third-order valence-electron chi connectivity index (χ3n) is 6.23. The van der Waals surface area contributed by atoms with Crippen LogP contribution < -0.4 is 5.32 Å². The first-order chi connectivity index (χ1) is 11.0. The van der Waals surface area contributed by atoms with Gasteiger partial charge in [-0.3, -0.25) is 9.69 Å². The highest BCUT2D eigenvalue weighted by molar-refractivity contribution is 5.83. The van der Waals surface area contributed by atoms with Gasteiger partial charge in [0.05, 0.1) is 24.3 Å². The molecular formula is C17H26N4O2. The molecule has 4 atom stereocenters. The van der Waals surface area contributed by atoms with E-state index in [1.165, 1.54) is 19.3 Å². The minimum Gasteiger partial charge on any atom is -0.377 e. The van der Waals surface area contributed by atoms with Gasteiger partial charge in [-0.1, -0.05) is 6.42 Å². The highest BCUT2D eigenvalue weighted by Crippen LogP contribution is 2.62. The molecule has 1 saturated heterocycles. The number of hydrogen-bond acceptors (Lipinski definition) is 4. The fraction of sp³-hybridized carbons (Fsp3) is 0.765. The van der Waals surface area contributed by atoms with Crippen LogP contribution in [0.4, 0.5) is 0 Å². The number of rotatable bonds is 4. The van der Waals surface area contributed by atoms with Crippen LogP contribution in [0.1, 0.15) is 37.4 Å². The predicted molar refractivity (Wildman–Crippen MR) is 85.7 cm³/mol. The van der Waals surface area contributed by atoms with E-state index in [9.17, 15) is 4.79 Å². The van der Waals surface area contributed by atoms with Crippen molar-refractivity contribution >= 4 is 5.91 Å². The minimum atomic E-state index is -0.305. The third kappa shape index (κ3) is 2.08. The van der Waals surface area contributed by atoms with Gasteiger partial charge >= 0.3 is 0 Å². The quantitative estimate of drug-likeness (QED) is 0.903. The van der Waals surface area contributed by atoms with Gasteiger partial charge in [-0.15, -0.1) is 0 Å². The summed E-state index contributed by atoms with van der Waals surface area (Å²) in [6, 6.07) is -0.0204. The zero-order chi connectivity index (χ0) is 16.2. The molecule has 0 bridgehead atoms. The molecule has 1 aromatic rings. The van der Waals surface area contributed by atoms with Gasteiger partial charge in [-0.05, 0) is 33.4 Å². The fourth-order valence-electron chi connectivity index (χ4n) is 4.95. The van der Waals surface area contributed by atoms with E-state index in [0.29, 0.717) is 12.0 Å². The molecule has 1 aliphatic heterocycles. The molecule has 2 aliphatic carbocycles. The summed E-state index contributed by atoms with van der Waals surface area (Å²) >= 11 is 0. The summed E-state index contributed by atoms with van der Waals surface area (Å²) in [5.41, 5.74) is 1.15. The van der Waals surface area contributed by atoms with Crippen molar-refractivity contribution in [2.45, 2.75) is 43.9 Å². The summed E-state index contributed by atoms with van der Waals surface area (Å²) < 4.78 is 7.87. The Hall–Kier alpha value is -1.40. The Kier molecular flexibility index (Phi) is 3.50. The Morgan fingerprint density at radius 2 is 2.30 bits per heavy atom. The number of fused-ring (bicyclic) bond motifs is 2. The molecule has 2 heterocycles. The average molecular weight is 318 g/mol. The predicted octanol–water partition coefficient (Wildman–Crippen LogP) is 1.10. The van der Waals surface area contributed by atoms with E-state index >= 15 is 0 Å². The maximum Gasteiger partial charge on any atom is 0.243 e. The average Bonchev–Trinajstić information content (AvgIpc) is 3.03. The largest absolute Gasteiger partial charge is 0.377 e. The van der Waals surface area contributed by atoms with Gasteiger partial charge in [0.25, 0.3) is 0 Å². The summed E-state index contributed by atoms with van der Waals surface area (Å²) in [5.74, 6) is 0.592. The van der Waals surface area contributed by atoms with Crippen molar-refractivity contribution in [3.8, 4) is 0 Å². The molecular weight excluding hydrogens is 292 g/mol. The Labute approximate surface area is 137 Å². The first-order valence-electron chi connectivity index (χ1n) is 8.59. The van der Waals surface area contributed by atoms with Crippen molar-refractivity contribution in [1.82, 2.24) is 19.8 Å². The number of carbonyl (C=O) groups excluding carboxylic acids is 1. The molecule has 0 aromatic carbocycles. The Bertz CT molecular complexity index is 607. The second-order valence-electron chi connectivity index (χ2n) is 7.61. The molecule has 1 aromatic heterocycles. The molecule has 2 saturated carbocycles. The van der Waals surface area contributed by atoms with Gasteiger partial charge in [0.1, 0.15) is 6.04 Å². The van der Waals surface area contributed by atoms with Crippen molar-refractivity contribution in [2.24, 2.45) is 18.4 Å². The van der Waals surface area contributed by atoms with Crippen LogP contribution in [-0.4, -0.2) is 53.2 Å². The lowest BCUT2D eigenvalue weighted by molar-refractivity contribution is -0.180. The number of ether oxygens (including phenoxy) is 1. The summed E-state index contributed by atoms with van der Waals surface area (Å²) in [6.45, 7) is 0.849. The minimum absolute atomic E-state index is 0.0835. The number of amides is 1. The van der Waals surface area contributed by atoms with Crippen LogP contribution in [-0.2, 0) is 16.6 Å². The van der Waals surface area contributed by atoms with Crippen LogP contribution >= 0.6 is 0 Å². The summed E-state index contributed by atoms with van der Waals surface area (Å²) in [4.78, 5) is 19.1. The van der Waals surface area contributed by atoms with Gasteiger partial charge in [-0.2, -0.15) is 0 Å². The molecule has 1 amide bonds. The summed E-state index contributed by atoms with van der Waals surface area (Å²) in [7, 11) is 5.82. The first-order valence-corrected chi connectivity index (χ1v) is 8.59. The van der Waals surface area contributed by atoms with Gasteiger partial charge in [0.2, 0.25) is 5.91 Å². The van der Waals surface area contributed by atoms with Gasteiger partial charge < -0.3 is 14.6 Å². The fourth-order valence-corrected chi connectivity index (χ4v) is 4.95. The van der Waals surface area contributed by atoms with Crippen LogP contribution in [0.3, 0.4) is 0 Å². The first kappa shape index (κ1) is 15.1. The lowest BCUT2D eigenvalue weighted by Gasteiger charge is -2.63. The third-order valence-corrected chi connectivity index (χ3v) is 6.23. The van der Waals surface area contributed by atoms with Crippen molar-refractivity contribution in [1.29, 1.82) is 0 Å². The van der Waals surface area contributed by atoms with Crippen LogP contribution in [0.15, 0.2) is 12.5 Å². The topological polar surface area (TPSA) is 59.4 Å². The summed E-state index contributed by atoms with van der Waals surface area (Å²) in [5, 5.41) is 3.38. The smallest absolute Gasteiger partial charge is 0.243 e. The molecule has 6 nitrogen and oxygen atoms in total. The second kappa shape index (κ2) is 5.31. The van der Waals surface area contributed by atoms with E-state index in [1.807, 2.05) is 30.6 Å². The monoisotopic (exact) mass is 318 g/mol. The lowest BCUT2D eigenvalue weighted by atomic mass is 9.46. The number of nitrogens with zero attached hydrogens (tertiary/aromatic N) is 3. The van der Waals surface area contributed by atoms with Crippen LogP contribution in [0.5, 0.6) is 0 Å². The molecule has 4 rings (SSSR count). The number of imidazole rings is 1. The van der Waals surface area contributed by atoms with E-state index in [4.69, 9.17) is 4.74 Å². The van der Waals surface area contributed by atoms with E-state index in [-0.39, 0.29) is 23.4 Å². The SMILES string of the molecule is CN(C)[C@H](C(=O)N[C@@H]1[C@H]2CCO[C@@H]2C12CCC2)c1cncn1C. The number of nitrogens with one attached hydrogen (secondary N) is 1. The Morgan fingerprint density at radius 3 is 2.87 bits per heavy atom. The number of aryl methyl sites for hydroxylation is 1. The standard InChI is InChI=1S/C17H26N4O2/c1-20(2)13(12-9-18-10-21(12)3)16(22)19-14-11-5-8-23-15(11)17(14)6-4-7-17/h9-11,13-15H,4-8H2,1-3H3,(H,19,22)/t11-,13+,14-,15+/m1/s1. The van der Waals surface area contributed by atoms with E-state index < -0.39 is 0 Å². The van der Waals surface area contributed by atoms with E-state index in [0.717, 1.165) is 18.7 Å². The second-order valence-corrected chi connectivity index (χ2v) is 7.61. The van der Waals surface area contributed by atoms with Gasteiger partial charge in [0.15, 0.2) is 0 Å². The van der Waals surface area contributed by atoms with Crippen LogP contribution in [0.2, 0.25) is 0 Å². The van der Waals surface area contributed by atoms with Crippen molar-refractivity contribution in [3.63, 3.8) is 0 Å². The van der Waals surface area contributed by atoms with Crippen LogP contribution in [0, 0.1) is 11.3 Å². The molecule has 6 heteroatoms. The van der Waals surface area contributed by atoms with Crippen molar-refractivity contribution in [2.75, 3.05) is 20.7 Å². The number of aromatic nitrogens is 2. The molecule has 1 N–H and O–H groups in total. The van der Waals surface area contributed by atoms with Crippen LogP contribution in [0.25, 0.3) is 0 Å². The summed E-state index contributed by atoms with van der Waals surface area (Å²) in [6.07, 6.45) is 8.64. The molecule has 1 spiro atoms. The van der Waals surface area contributed by atoms with Crippen molar-refractivity contribution in [3.05, 3.63) is 18.2 Å². The van der Waals surface area contributed by atoms with E-state index in [2.05, 4.69) is 10.3 Å². The lowest BCUT2D eigenvalue weighted by Crippen LogP contribution is -2.72. The molecule has 0 radical (unpaired) electrons. The molecule has 3 aliphatic rings. The molecule has 126 valence electrons. The normalized spacial score (nSPS) is 32.3. The van der Waals surface area contributed by atoms with Gasteiger partial charge in [-0.25, -0.2) is 4.98 Å². The highest BCUT2D eigenvalue weighted by Gasteiger charge is 2.67. The Morgan fingerprint density at radius 1 is 1.52 bits per heavy atom. The van der Waals surface area contributed by atoms with Crippen molar-refractivity contribution < 1.29 is 9.53 Å². The molecule has 0 unspecified atom stereocenters. The van der Waals surface area contributed by atoms with E-state index in [1.54, 1.807) is 12.5 Å². The zero-order valence-corrected chi connectivity index (χ0v) is 14.2. The molecule has 3 fully saturated rings.